The second kappa shape index (κ2) is 5.98. The summed E-state index contributed by atoms with van der Waals surface area (Å²) in [6.45, 7) is 0. The normalized spacial score (nSPS) is 11.0. The van der Waals surface area contributed by atoms with Crippen molar-refractivity contribution in [1.82, 2.24) is 0 Å². The van der Waals surface area contributed by atoms with Crippen molar-refractivity contribution in [2.45, 2.75) is 4.90 Å². The highest BCUT2D eigenvalue weighted by molar-refractivity contribution is 7.92. The van der Waals surface area contributed by atoms with Crippen molar-refractivity contribution >= 4 is 21.4 Å². The topological polar surface area (TPSA) is 93.4 Å². The third kappa shape index (κ3) is 3.23. The van der Waals surface area contributed by atoms with E-state index in [1.54, 1.807) is 12.1 Å². The number of rotatable bonds is 5. The zero-order valence-corrected chi connectivity index (χ0v) is 11.9. The second-order valence-corrected chi connectivity index (χ2v) is 5.75. The van der Waals surface area contributed by atoms with Gasteiger partial charge in [0.2, 0.25) is 0 Å². The van der Waals surface area contributed by atoms with Crippen LogP contribution in [0.1, 0.15) is 0 Å². The molecule has 8 heteroatoms. The maximum absolute atomic E-state index is 13.6. The van der Waals surface area contributed by atoms with E-state index in [0.29, 0.717) is 0 Å². The summed E-state index contributed by atoms with van der Waals surface area (Å²) in [5.41, 5.74) is 2.62. The van der Waals surface area contributed by atoms with Gasteiger partial charge >= 0.3 is 0 Å². The van der Waals surface area contributed by atoms with E-state index < -0.39 is 15.8 Å². The average molecular weight is 311 g/mol. The van der Waals surface area contributed by atoms with Gasteiger partial charge in [-0.25, -0.2) is 12.8 Å². The first-order valence-electron chi connectivity index (χ1n) is 5.90. The van der Waals surface area contributed by atoms with E-state index in [4.69, 9.17) is 10.6 Å². The number of nitrogen functional groups attached to an aromatic ring is 1. The quantitative estimate of drug-likeness (QED) is 0.579. The molecular formula is C13H14FN3O3S. The van der Waals surface area contributed by atoms with Crippen LogP contribution in [0.3, 0.4) is 0 Å². The summed E-state index contributed by atoms with van der Waals surface area (Å²) in [4.78, 5) is -0.0382. The van der Waals surface area contributed by atoms with Gasteiger partial charge in [0.15, 0.2) is 11.6 Å². The number of nitrogens with two attached hydrogens (primary N) is 1. The molecule has 0 fully saturated rings. The van der Waals surface area contributed by atoms with Crippen LogP contribution in [-0.4, -0.2) is 15.5 Å². The van der Waals surface area contributed by atoms with E-state index in [-0.39, 0.29) is 22.0 Å². The summed E-state index contributed by atoms with van der Waals surface area (Å²) >= 11 is 0. The summed E-state index contributed by atoms with van der Waals surface area (Å²) in [6, 6.07) is 9.87. The van der Waals surface area contributed by atoms with E-state index in [1.807, 2.05) is 0 Å². The summed E-state index contributed by atoms with van der Waals surface area (Å²) in [5.74, 6) is 4.65. The Kier molecular flexibility index (Phi) is 4.29. The molecule has 4 N–H and O–H groups in total. The van der Waals surface area contributed by atoms with Gasteiger partial charge in [-0.15, -0.1) is 0 Å². The Morgan fingerprint density at radius 3 is 2.52 bits per heavy atom. The second-order valence-electron chi connectivity index (χ2n) is 4.10. The Labute approximate surface area is 121 Å². The highest BCUT2D eigenvalue weighted by Gasteiger charge is 2.18. The van der Waals surface area contributed by atoms with Gasteiger partial charge in [-0.05, 0) is 24.3 Å². The van der Waals surface area contributed by atoms with Crippen molar-refractivity contribution in [2.24, 2.45) is 5.84 Å². The molecule has 0 aliphatic heterocycles. The molecule has 0 bridgehead atoms. The first-order chi connectivity index (χ1) is 9.97. The Hall–Kier alpha value is -2.32. The monoisotopic (exact) mass is 311 g/mol. The fourth-order valence-electron chi connectivity index (χ4n) is 1.76. The minimum absolute atomic E-state index is 0.0296. The van der Waals surface area contributed by atoms with Crippen LogP contribution in [0, 0.1) is 5.82 Å². The van der Waals surface area contributed by atoms with Crippen molar-refractivity contribution in [3.05, 3.63) is 48.3 Å². The molecule has 0 spiro atoms. The Balaban J connectivity index is 2.35. The summed E-state index contributed by atoms with van der Waals surface area (Å²) in [5, 5.41) is 0. The first-order valence-corrected chi connectivity index (χ1v) is 7.38. The molecule has 0 unspecified atom stereocenters. The minimum Gasteiger partial charge on any atom is -0.494 e. The van der Waals surface area contributed by atoms with Gasteiger partial charge in [0, 0.05) is 6.07 Å². The van der Waals surface area contributed by atoms with Crippen LogP contribution in [0.4, 0.5) is 15.8 Å². The molecule has 21 heavy (non-hydrogen) atoms. The number of halogens is 1. The zero-order valence-electron chi connectivity index (χ0n) is 11.1. The highest BCUT2D eigenvalue weighted by Crippen LogP contribution is 2.25. The van der Waals surface area contributed by atoms with E-state index in [0.717, 1.165) is 6.07 Å². The molecule has 0 saturated heterocycles. The Bertz CT molecular complexity index is 750. The smallest absolute Gasteiger partial charge is 0.264 e. The molecule has 0 aliphatic rings. The lowest BCUT2D eigenvalue weighted by atomic mass is 10.3. The lowest BCUT2D eigenvalue weighted by molar-refractivity contribution is 0.386. The fraction of sp³-hybridized carbons (Fsp3) is 0.0769. The van der Waals surface area contributed by atoms with Crippen molar-refractivity contribution in [2.75, 3.05) is 17.3 Å². The lowest BCUT2D eigenvalue weighted by Crippen LogP contribution is -2.17. The predicted octanol–water partition coefficient (Wildman–Crippen LogP) is 1.92. The molecule has 2 aromatic carbocycles. The number of anilines is 2. The van der Waals surface area contributed by atoms with Gasteiger partial charge in [0.1, 0.15) is 4.90 Å². The number of hydrogen-bond donors (Lipinski definition) is 3. The minimum atomic E-state index is -3.89. The molecule has 2 aromatic rings. The lowest BCUT2D eigenvalue weighted by Gasteiger charge is -2.12. The summed E-state index contributed by atoms with van der Waals surface area (Å²) in [6.07, 6.45) is 0. The van der Waals surface area contributed by atoms with E-state index in [2.05, 4.69) is 10.1 Å². The third-order valence-corrected chi connectivity index (χ3v) is 4.18. The van der Waals surface area contributed by atoms with E-state index >= 15 is 0 Å². The third-order valence-electron chi connectivity index (χ3n) is 2.74. The average Bonchev–Trinajstić information content (AvgIpc) is 2.47. The van der Waals surface area contributed by atoms with Crippen LogP contribution in [0.5, 0.6) is 5.75 Å². The number of ether oxygens (including phenoxy) is 1. The molecule has 0 aliphatic carbocycles. The maximum Gasteiger partial charge on any atom is 0.264 e. The van der Waals surface area contributed by atoms with Crippen LogP contribution in [0.25, 0.3) is 0 Å². The SMILES string of the molecule is COc1ccc(NS(=O)(=O)c2ccccc2NN)cc1F. The molecular weight excluding hydrogens is 297 g/mol. The van der Waals surface area contributed by atoms with Crippen LogP contribution in [0.2, 0.25) is 0 Å². The molecule has 0 heterocycles. The predicted molar refractivity (Wildman–Crippen MR) is 78.0 cm³/mol. The number of para-hydroxylation sites is 1. The van der Waals surface area contributed by atoms with Crippen molar-refractivity contribution in [3.8, 4) is 5.75 Å². The number of benzene rings is 2. The van der Waals surface area contributed by atoms with Gasteiger partial charge in [-0.2, -0.15) is 0 Å². The van der Waals surface area contributed by atoms with Gasteiger partial charge in [-0.1, -0.05) is 12.1 Å². The molecule has 6 nitrogen and oxygen atoms in total. The van der Waals surface area contributed by atoms with Crippen LogP contribution < -0.4 is 20.7 Å². The van der Waals surface area contributed by atoms with E-state index in [9.17, 15) is 12.8 Å². The molecule has 0 radical (unpaired) electrons. The van der Waals surface area contributed by atoms with Crippen LogP contribution in [0.15, 0.2) is 47.4 Å². The number of hydrogen-bond acceptors (Lipinski definition) is 5. The van der Waals surface area contributed by atoms with Gasteiger partial charge in [0.05, 0.1) is 18.5 Å². The molecule has 0 saturated carbocycles. The largest absolute Gasteiger partial charge is 0.494 e. The van der Waals surface area contributed by atoms with Gasteiger partial charge in [0.25, 0.3) is 10.0 Å². The molecule has 2 rings (SSSR count). The first kappa shape index (κ1) is 15.1. The Morgan fingerprint density at radius 1 is 1.19 bits per heavy atom. The summed E-state index contributed by atoms with van der Waals surface area (Å²) < 4.78 is 45.2. The Morgan fingerprint density at radius 2 is 1.90 bits per heavy atom. The molecule has 0 amide bonds. The standard InChI is InChI=1S/C13H14FN3O3S/c1-20-12-7-6-9(8-10(12)14)17-21(18,19)13-5-3-2-4-11(13)16-15/h2-8,16-17H,15H2,1H3. The summed E-state index contributed by atoms with van der Waals surface area (Å²) in [7, 11) is -2.57. The maximum atomic E-state index is 13.6. The van der Waals surface area contributed by atoms with Gasteiger partial charge < -0.3 is 10.2 Å². The molecule has 0 atom stereocenters. The van der Waals surface area contributed by atoms with Crippen LogP contribution in [-0.2, 0) is 10.0 Å². The molecule has 112 valence electrons. The van der Waals surface area contributed by atoms with Crippen LogP contribution >= 0.6 is 0 Å². The van der Waals surface area contributed by atoms with Crippen molar-refractivity contribution in [3.63, 3.8) is 0 Å². The number of hydrazine groups is 1. The number of methoxy groups -OCH3 is 1. The van der Waals surface area contributed by atoms with Crippen molar-refractivity contribution in [1.29, 1.82) is 0 Å². The number of sulfonamides is 1. The highest BCUT2D eigenvalue weighted by atomic mass is 32.2. The van der Waals surface area contributed by atoms with Crippen molar-refractivity contribution < 1.29 is 17.5 Å². The van der Waals surface area contributed by atoms with Gasteiger partial charge in [-0.3, -0.25) is 10.6 Å². The fourth-order valence-corrected chi connectivity index (χ4v) is 2.98. The zero-order chi connectivity index (χ0) is 15.5. The molecule has 0 aromatic heterocycles. The number of nitrogens with one attached hydrogen (secondary N) is 2. The van der Waals surface area contributed by atoms with E-state index in [1.165, 1.54) is 31.4 Å².